The Kier molecular flexibility index (Phi) is 5.01. The van der Waals surface area contributed by atoms with Gasteiger partial charge in [0.05, 0.1) is 0 Å². The fraction of sp³-hybridized carbons (Fsp3) is 0.158. The van der Waals surface area contributed by atoms with E-state index < -0.39 is 0 Å². The Hall–Kier alpha value is -4.16. The van der Waals surface area contributed by atoms with E-state index in [1.54, 1.807) is 11.1 Å². The number of fused-ring (bicyclic) bond motifs is 5. The maximum atomic E-state index is 2.59. The van der Waals surface area contributed by atoms with Crippen LogP contribution in [0, 0.1) is 0 Å². The van der Waals surface area contributed by atoms with Crippen LogP contribution < -0.4 is 0 Å². The molecule has 0 saturated carbocycles. The average Bonchev–Trinajstić information content (AvgIpc) is 2.98. The Bertz CT molecular complexity index is 1700. The largest absolute Gasteiger partial charge is 0.0619 e. The molecular weight excluding hydrogens is 456 g/mol. The predicted octanol–water partition coefficient (Wildman–Crippen LogP) is 9.55. The van der Waals surface area contributed by atoms with Gasteiger partial charge in [-0.3, -0.25) is 0 Å². The summed E-state index contributed by atoms with van der Waals surface area (Å²) < 4.78 is 0. The molecule has 0 heterocycles. The Labute approximate surface area is 224 Å². The Morgan fingerprint density at radius 1 is 0.368 bits per heavy atom. The van der Waals surface area contributed by atoms with Gasteiger partial charge in [0.25, 0.3) is 0 Å². The van der Waals surface area contributed by atoms with Crippen LogP contribution in [0.4, 0.5) is 0 Å². The van der Waals surface area contributed by atoms with E-state index in [0.717, 1.165) is 0 Å². The molecule has 8 rings (SSSR count). The lowest BCUT2D eigenvalue weighted by atomic mass is 9.66. The van der Waals surface area contributed by atoms with E-state index in [0.29, 0.717) is 0 Å². The maximum absolute atomic E-state index is 2.59. The number of hydrogen-bond donors (Lipinski definition) is 0. The predicted molar refractivity (Wildman–Crippen MR) is 159 cm³/mol. The molecule has 38 heavy (non-hydrogen) atoms. The number of hydrogen-bond acceptors (Lipinski definition) is 0. The molecule has 0 heteroatoms. The minimum absolute atomic E-state index is 0.245. The van der Waals surface area contributed by atoms with Crippen LogP contribution in [0.5, 0.6) is 0 Å². The summed E-state index contributed by atoms with van der Waals surface area (Å²) in [4.78, 5) is 0. The summed E-state index contributed by atoms with van der Waals surface area (Å²) in [6.45, 7) is 0. The molecule has 0 N–H and O–H groups in total. The molecule has 0 saturated heterocycles. The summed E-state index contributed by atoms with van der Waals surface area (Å²) in [5.41, 5.74) is 11.8. The Morgan fingerprint density at radius 2 is 0.789 bits per heavy atom. The van der Waals surface area contributed by atoms with Crippen molar-refractivity contribution in [2.75, 3.05) is 0 Å². The quantitative estimate of drug-likeness (QED) is 0.228. The second kappa shape index (κ2) is 8.71. The summed E-state index contributed by atoms with van der Waals surface area (Å²) in [5.74, 6) is 0.490. The van der Waals surface area contributed by atoms with Crippen LogP contribution in [0.1, 0.15) is 69.2 Å². The molecule has 0 aromatic heterocycles. The van der Waals surface area contributed by atoms with Crippen molar-refractivity contribution in [2.24, 2.45) is 0 Å². The van der Waals surface area contributed by atoms with Gasteiger partial charge in [-0.25, -0.2) is 0 Å². The van der Waals surface area contributed by atoms with Crippen LogP contribution >= 0.6 is 0 Å². The van der Waals surface area contributed by atoms with E-state index in [2.05, 4.69) is 121 Å². The topological polar surface area (TPSA) is 0 Å². The first kappa shape index (κ1) is 21.9. The third kappa shape index (κ3) is 3.44. The van der Waals surface area contributed by atoms with E-state index in [9.17, 15) is 0 Å². The molecule has 0 radical (unpaired) electrons. The molecule has 6 aromatic rings. The van der Waals surface area contributed by atoms with Crippen LogP contribution in [-0.2, 0) is 12.8 Å². The normalized spacial score (nSPS) is 18.1. The van der Waals surface area contributed by atoms with Crippen molar-refractivity contribution in [1.29, 1.82) is 0 Å². The highest BCUT2D eigenvalue weighted by molar-refractivity contribution is 5.85. The second-order valence-electron chi connectivity index (χ2n) is 11.2. The fourth-order valence-corrected chi connectivity index (χ4v) is 7.19. The van der Waals surface area contributed by atoms with Gasteiger partial charge in [0.2, 0.25) is 0 Å². The summed E-state index contributed by atoms with van der Waals surface area (Å²) >= 11 is 0. The van der Waals surface area contributed by atoms with Gasteiger partial charge in [0, 0.05) is 11.8 Å². The summed E-state index contributed by atoms with van der Waals surface area (Å²) in [5, 5.41) is 5.25. The van der Waals surface area contributed by atoms with E-state index in [-0.39, 0.29) is 11.8 Å². The Morgan fingerprint density at radius 3 is 1.26 bits per heavy atom. The van der Waals surface area contributed by atoms with Gasteiger partial charge in [0.1, 0.15) is 0 Å². The van der Waals surface area contributed by atoms with Crippen LogP contribution in [-0.4, -0.2) is 0 Å². The van der Waals surface area contributed by atoms with Crippen molar-refractivity contribution in [3.8, 4) is 0 Å². The average molecular weight is 487 g/mol. The summed E-state index contributed by atoms with van der Waals surface area (Å²) in [6, 6.07) is 46.1. The van der Waals surface area contributed by atoms with Crippen molar-refractivity contribution in [1.82, 2.24) is 0 Å². The minimum atomic E-state index is 0.245. The standard InChI is InChI=1S/C38H30/c1-3-11-27-21-31(19-17-25(27)9-1)37-33-15-7-8-16-34(33)38(32-20-18-26-10-2-4-12-28(26)22-32)36-24-30-14-6-5-13-29(30)23-35(36)37/h1-4,7-12,15-24,37-38H,5-6,13-14H2. The molecule has 0 bridgehead atoms. The highest BCUT2D eigenvalue weighted by Gasteiger charge is 2.35. The van der Waals surface area contributed by atoms with Gasteiger partial charge in [0.15, 0.2) is 0 Å². The zero-order chi connectivity index (χ0) is 25.1. The molecule has 2 atom stereocenters. The molecule has 0 aliphatic heterocycles. The second-order valence-corrected chi connectivity index (χ2v) is 11.2. The molecule has 2 aliphatic rings. The Balaban J connectivity index is 1.40. The lowest BCUT2D eigenvalue weighted by molar-refractivity contribution is 0.678. The van der Waals surface area contributed by atoms with Crippen LogP contribution in [0.25, 0.3) is 21.5 Å². The van der Waals surface area contributed by atoms with Crippen molar-refractivity contribution in [2.45, 2.75) is 37.5 Å². The maximum Gasteiger partial charge on any atom is 0.0346 e. The lowest BCUT2D eigenvalue weighted by Crippen LogP contribution is -2.21. The van der Waals surface area contributed by atoms with Gasteiger partial charge in [-0.05, 0) is 91.7 Å². The van der Waals surface area contributed by atoms with Gasteiger partial charge < -0.3 is 0 Å². The van der Waals surface area contributed by atoms with E-state index in [1.165, 1.54) is 80.6 Å². The van der Waals surface area contributed by atoms with Crippen molar-refractivity contribution >= 4 is 21.5 Å². The molecule has 2 aliphatic carbocycles. The van der Waals surface area contributed by atoms with E-state index >= 15 is 0 Å². The molecule has 6 aromatic carbocycles. The summed E-state index contributed by atoms with van der Waals surface area (Å²) in [7, 11) is 0. The van der Waals surface area contributed by atoms with Crippen LogP contribution in [0.15, 0.2) is 121 Å². The third-order valence-corrected chi connectivity index (χ3v) is 9.00. The van der Waals surface area contributed by atoms with Crippen LogP contribution in [0.2, 0.25) is 0 Å². The molecule has 182 valence electrons. The first-order valence-corrected chi connectivity index (χ1v) is 14.1. The third-order valence-electron chi connectivity index (χ3n) is 9.00. The first-order valence-electron chi connectivity index (χ1n) is 14.1. The summed E-state index contributed by atoms with van der Waals surface area (Å²) in [6.07, 6.45) is 5.01. The van der Waals surface area contributed by atoms with Crippen molar-refractivity contribution in [3.63, 3.8) is 0 Å². The minimum Gasteiger partial charge on any atom is -0.0619 e. The van der Waals surface area contributed by atoms with Gasteiger partial charge >= 0.3 is 0 Å². The zero-order valence-electron chi connectivity index (χ0n) is 21.5. The first-order chi connectivity index (χ1) is 18.8. The molecule has 0 amide bonds. The lowest BCUT2D eigenvalue weighted by Gasteiger charge is -2.36. The van der Waals surface area contributed by atoms with Gasteiger partial charge in [-0.15, -0.1) is 0 Å². The molecular formula is C38H30. The molecule has 0 spiro atoms. The van der Waals surface area contributed by atoms with Crippen molar-refractivity contribution in [3.05, 3.63) is 166 Å². The SMILES string of the molecule is c1ccc2c(c1)C(c1ccc3ccccc3c1)c1cc3c(cc1C2c1ccc2ccccc2c1)CCCC3. The highest BCUT2D eigenvalue weighted by atomic mass is 14.4. The van der Waals surface area contributed by atoms with Crippen molar-refractivity contribution < 1.29 is 0 Å². The zero-order valence-corrected chi connectivity index (χ0v) is 21.5. The van der Waals surface area contributed by atoms with E-state index in [4.69, 9.17) is 0 Å². The van der Waals surface area contributed by atoms with Gasteiger partial charge in [-0.1, -0.05) is 121 Å². The number of aryl methyl sites for hydroxylation is 2. The smallest absolute Gasteiger partial charge is 0.0346 e. The molecule has 0 fully saturated rings. The highest BCUT2D eigenvalue weighted by Crippen LogP contribution is 2.50. The monoisotopic (exact) mass is 486 g/mol. The van der Waals surface area contributed by atoms with Gasteiger partial charge in [-0.2, -0.15) is 0 Å². The molecule has 0 nitrogen and oxygen atoms in total. The molecule has 2 unspecified atom stereocenters. The fourth-order valence-electron chi connectivity index (χ4n) is 7.19. The van der Waals surface area contributed by atoms with Crippen LogP contribution in [0.3, 0.4) is 0 Å². The number of benzene rings is 6. The van der Waals surface area contributed by atoms with E-state index in [1.807, 2.05) is 0 Å². The number of rotatable bonds is 2.